The zero-order chi connectivity index (χ0) is 22.1. The lowest BCUT2D eigenvalue weighted by molar-refractivity contribution is -0.0579. The second kappa shape index (κ2) is 8.84. The van der Waals surface area contributed by atoms with Crippen LogP contribution in [0.3, 0.4) is 0 Å². The number of aromatic nitrogens is 3. The number of nitrogens with zero attached hydrogens (tertiary/aromatic N) is 4. The molecule has 2 aliphatic rings. The molecule has 168 valence electrons. The summed E-state index contributed by atoms with van der Waals surface area (Å²) < 4.78 is 33.6. The normalized spacial score (nSPS) is 19.2. The number of likely N-dealkylation sites (tertiary alicyclic amines) is 1. The molecule has 2 fully saturated rings. The van der Waals surface area contributed by atoms with E-state index in [9.17, 15) is 8.78 Å². The second-order valence-electron chi connectivity index (χ2n) is 8.52. The van der Waals surface area contributed by atoms with Crippen LogP contribution in [-0.4, -0.2) is 58.6 Å². The monoisotopic (exact) mass is 440 g/mol. The molecule has 5 rings (SSSR count). The Morgan fingerprint density at radius 1 is 1.12 bits per heavy atom. The van der Waals surface area contributed by atoms with Crippen LogP contribution < -0.4 is 10.6 Å². The van der Waals surface area contributed by atoms with E-state index in [1.807, 2.05) is 18.2 Å². The highest BCUT2D eigenvalue weighted by molar-refractivity contribution is 5.62. The van der Waals surface area contributed by atoms with E-state index in [4.69, 9.17) is 4.74 Å². The van der Waals surface area contributed by atoms with Crippen molar-refractivity contribution in [1.29, 1.82) is 0 Å². The summed E-state index contributed by atoms with van der Waals surface area (Å²) in [5, 5.41) is 11.0. The number of benzene rings is 2. The van der Waals surface area contributed by atoms with Gasteiger partial charge in [0.05, 0.1) is 24.9 Å². The summed E-state index contributed by atoms with van der Waals surface area (Å²) in [5.74, 6) is -0.327. The van der Waals surface area contributed by atoms with E-state index in [0.29, 0.717) is 17.9 Å². The van der Waals surface area contributed by atoms with Gasteiger partial charge in [0.25, 0.3) is 0 Å². The molecule has 7 nitrogen and oxygen atoms in total. The first-order valence-electron chi connectivity index (χ1n) is 10.8. The van der Waals surface area contributed by atoms with Gasteiger partial charge in [0.15, 0.2) is 0 Å². The number of aryl methyl sites for hydroxylation is 1. The van der Waals surface area contributed by atoms with Crippen LogP contribution in [0.1, 0.15) is 12.0 Å². The summed E-state index contributed by atoms with van der Waals surface area (Å²) in [4.78, 5) is 6.73. The molecule has 0 bridgehead atoms. The second-order valence-corrected chi connectivity index (χ2v) is 8.52. The minimum atomic E-state index is -0.661. The van der Waals surface area contributed by atoms with Crippen molar-refractivity contribution < 1.29 is 13.5 Å². The van der Waals surface area contributed by atoms with Crippen molar-refractivity contribution in [3.63, 3.8) is 0 Å². The number of rotatable bonds is 7. The Hall–Kier alpha value is -3.04. The molecule has 0 aliphatic carbocycles. The maximum absolute atomic E-state index is 13.5. The predicted molar refractivity (Wildman–Crippen MR) is 119 cm³/mol. The molecule has 32 heavy (non-hydrogen) atoms. The molecule has 2 aromatic carbocycles. The zero-order valence-corrected chi connectivity index (χ0v) is 17.9. The van der Waals surface area contributed by atoms with E-state index in [0.717, 1.165) is 55.9 Å². The van der Waals surface area contributed by atoms with E-state index in [1.165, 1.54) is 29.6 Å². The van der Waals surface area contributed by atoms with Crippen LogP contribution in [0.2, 0.25) is 0 Å². The van der Waals surface area contributed by atoms with Gasteiger partial charge in [-0.15, -0.1) is 5.10 Å². The van der Waals surface area contributed by atoms with Crippen LogP contribution in [-0.2, 0) is 4.74 Å². The highest BCUT2D eigenvalue weighted by Crippen LogP contribution is 2.25. The molecule has 0 saturated carbocycles. The zero-order valence-electron chi connectivity index (χ0n) is 17.9. The molecule has 1 unspecified atom stereocenters. The topological polar surface area (TPSA) is 67.2 Å². The van der Waals surface area contributed by atoms with Crippen molar-refractivity contribution in [3.8, 4) is 5.69 Å². The van der Waals surface area contributed by atoms with Crippen molar-refractivity contribution in [2.75, 3.05) is 43.5 Å². The van der Waals surface area contributed by atoms with E-state index in [1.54, 1.807) is 0 Å². The van der Waals surface area contributed by atoms with Crippen molar-refractivity contribution in [1.82, 2.24) is 19.7 Å². The van der Waals surface area contributed by atoms with E-state index < -0.39 is 11.6 Å². The fourth-order valence-electron chi connectivity index (χ4n) is 4.23. The van der Waals surface area contributed by atoms with Crippen LogP contribution in [0.25, 0.3) is 5.69 Å². The van der Waals surface area contributed by atoms with Crippen LogP contribution in [0.4, 0.5) is 26.1 Å². The van der Waals surface area contributed by atoms with Gasteiger partial charge in [0.2, 0.25) is 5.95 Å². The fraction of sp³-hybridized carbons (Fsp3) is 0.391. The highest BCUT2D eigenvalue weighted by Gasteiger charge is 2.32. The van der Waals surface area contributed by atoms with E-state index in [-0.39, 0.29) is 5.69 Å². The summed E-state index contributed by atoms with van der Waals surface area (Å²) in [5.41, 5.74) is 3.33. The molecule has 3 heterocycles. The van der Waals surface area contributed by atoms with E-state index >= 15 is 0 Å². The van der Waals surface area contributed by atoms with Crippen LogP contribution in [0.5, 0.6) is 0 Å². The van der Waals surface area contributed by atoms with E-state index in [2.05, 4.69) is 32.5 Å². The first kappa shape index (κ1) is 20.8. The molecule has 0 spiro atoms. The third-order valence-electron chi connectivity index (χ3n) is 6.12. The van der Waals surface area contributed by atoms with Gasteiger partial charge in [0.1, 0.15) is 18.0 Å². The van der Waals surface area contributed by atoms with Gasteiger partial charge in [-0.3, -0.25) is 4.90 Å². The Kier molecular flexibility index (Phi) is 5.75. The number of ether oxygens (including phenoxy) is 1. The maximum Gasteiger partial charge on any atom is 0.246 e. The standard InChI is InChI=1S/C23H26F2N6O/c1-15-6-19(28-23-27-14-31(29-23)20-8-17(24)7-18(25)9-20)2-3-22(15)26-10-16-4-5-30(11-16)21-12-32-13-21/h2-3,6-9,14,16,21,26H,4-5,10-13H2,1H3,(H,28,29). The van der Waals surface area contributed by atoms with Crippen LogP contribution in [0, 0.1) is 24.5 Å². The van der Waals surface area contributed by atoms with Gasteiger partial charge in [-0.2, -0.15) is 4.98 Å². The minimum absolute atomic E-state index is 0.272. The smallest absolute Gasteiger partial charge is 0.246 e. The third kappa shape index (κ3) is 4.58. The summed E-state index contributed by atoms with van der Waals surface area (Å²) in [6.45, 7) is 7.04. The molecule has 0 radical (unpaired) electrons. The van der Waals surface area contributed by atoms with Crippen molar-refractivity contribution >= 4 is 17.3 Å². The average molecular weight is 440 g/mol. The largest absolute Gasteiger partial charge is 0.385 e. The average Bonchev–Trinajstić information content (AvgIpc) is 3.35. The number of hydrogen-bond acceptors (Lipinski definition) is 6. The Bertz CT molecular complexity index is 1080. The summed E-state index contributed by atoms with van der Waals surface area (Å²) >= 11 is 0. The Labute approximate surface area is 185 Å². The lowest BCUT2D eigenvalue weighted by Crippen LogP contribution is -2.48. The number of halogens is 2. The lowest BCUT2D eigenvalue weighted by atomic mass is 10.1. The summed E-state index contributed by atoms with van der Waals surface area (Å²) in [6.07, 6.45) is 2.63. The molecular formula is C23H26F2N6O. The van der Waals surface area contributed by atoms with Gasteiger partial charge in [-0.1, -0.05) is 0 Å². The maximum atomic E-state index is 13.5. The first-order chi connectivity index (χ1) is 15.5. The summed E-state index contributed by atoms with van der Waals surface area (Å²) in [7, 11) is 0. The fourth-order valence-corrected chi connectivity index (χ4v) is 4.23. The van der Waals surface area contributed by atoms with Gasteiger partial charge < -0.3 is 15.4 Å². The molecule has 1 aromatic heterocycles. The molecule has 9 heteroatoms. The third-order valence-corrected chi connectivity index (χ3v) is 6.12. The van der Waals surface area contributed by atoms with Gasteiger partial charge >= 0.3 is 0 Å². The van der Waals surface area contributed by atoms with Crippen LogP contribution >= 0.6 is 0 Å². The van der Waals surface area contributed by atoms with Crippen molar-refractivity contribution in [2.45, 2.75) is 19.4 Å². The Morgan fingerprint density at radius 2 is 1.94 bits per heavy atom. The number of nitrogens with one attached hydrogen (secondary N) is 2. The molecular weight excluding hydrogens is 414 g/mol. The molecule has 1 atom stereocenters. The summed E-state index contributed by atoms with van der Waals surface area (Å²) in [6, 6.07) is 9.88. The minimum Gasteiger partial charge on any atom is -0.385 e. The number of anilines is 3. The highest BCUT2D eigenvalue weighted by atomic mass is 19.1. The van der Waals surface area contributed by atoms with Gasteiger partial charge in [-0.05, 0) is 61.7 Å². The SMILES string of the molecule is Cc1cc(Nc2ncn(-c3cc(F)cc(F)c3)n2)ccc1NCC1CCN(C2COC2)C1. The Morgan fingerprint density at radius 3 is 2.66 bits per heavy atom. The molecule has 3 aromatic rings. The molecule has 2 saturated heterocycles. The predicted octanol–water partition coefficient (Wildman–Crippen LogP) is 3.73. The van der Waals surface area contributed by atoms with Gasteiger partial charge in [0, 0.05) is 30.5 Å². The van der Waals surface area contributed by atoms with Crippen molar-refractivity contribution in [2.24, 2.45) is 5.92 Å². The first-order valence-corrected chi connectivity index (χ1v) is 10.8. The number of hydrogen-bond donors (Lipinski definition) is 2. The Balaban J connectivity index is 1.18. The lowest BCUT2D eigenvalue weighted by Gasteiger charge is -2.34. The molecule has 2 N–H and O–H groups in total. The molecule has 0 amide bonds. The quantitative estimate of drug-likeness (QED) is 0.584. The van der Waals surface area contributed by atoms with Crippen LogP contribution in [0.15, 0.2) is 42.7 Å². The van der Waals surface area contributed by atoms with Crippen molar-refractivity contribution in [3.05, 3.63) is 59.9 Å². The molecule has 2 aliphatic heterocycles. The van der Waals surface area contributed by atoms with Gasteiger partial charge in [-0.25, -0.2) is 13.5 Å².